The predicted molar refractivity (Wildman–Crippen MR) is 35.8 cm³/mol. The Kier molecular flexibility index (Phi) is 4.21. The van der Waals surface area contributed by atoms with E-state index >= 15 is 0 Å². The monoisotopic (exact) mass is 161 g/mol. The van der Waals surface area contributed by atoms with E-state index in [-0.39, 0.29) is 18.1 Å². The van der Waals surface area contributed by atoms with Crippen molar-refractivity contribution in [3.63, 3.8) is 0 Å². The van der Waals surface area contributed by atoms with Crippen LogP contribution in [-0.2, 0) is 14.3 Å². The molecule has 0 aliphatic heterocycles. The number of amides is 1. The van der Waals surface area contributed by atoms with Crippen LogP contribution in [0.15, 0.2) is 0 Å². The average molecular weight is 161 g/mol. The number of hydroxylamine groups is 2. The smallest absolute Gasteiger partial charge is 0.331 e. The summed E-state index contributed by atoms with van der Waals surface area (Å²) in [5.41, 5.74) is 0. The molecule has 0 bridgehead atoms. The molecule has 64 valence electrons. The number of esters is 1. The van der Waals surface area contributed by atoms with Crippen molar-refractivity contribution in [1.29, 1.82) is 0 Å². The minimum atomic E-state index is -0.938. The van der Waals surface area contributed by atoms with Crippen LogP contribution >= 0.6 is 0 Å². The third-order valence-electron chi connectivity index (χ3n) is 1.13. The molecule has 5 heteroatoms. The quantitative estimate of drug-likeness (QED) is 0.268. The molecule has 0 aliphatic rings. The van der Waals surface area contributed by atoms with Crippen LogP contribution in [0.2, 0.25) is 0 Å². The third kappa shape index (κ3) is 2.99. The van der Waals surface area contributed by atoms with E-state index in [2.05, 4.69) is 4.74 Å². The molecule has 0 aliphatic carbocycles. The van der Waals surface area contributed by atoms with E-state index in [0.717, 1.165) is 0 Å². The van der Waals surface area contributed by atoms with Gasteiger partial charge in [0.05, 0.1) is 6.61 Å². The lowest BCUT2D eigenvalue weighted by Crippen LogP contribution is -2.36. The molecular weight excluding hydrogens is 150 g/mol. The summed E-state index contributed by atoms with van der Waals surface area (Å²) in [6, 6.07) is -0.938. The van der Waals surface area contributed by atoms with Crippen molar-refractivity contribution in [3.8, 4) is 0 Å². The first-order valence-electron chi connectivity index (χ1n) is 3.22. The highest BCUT2D eigenvalue weighted by atomic mass is 16.6. The minimum Gasteiger partial charge on any atom is -0.464 e. The second-order valence-electron chi connectivity index (χ2n) is 1.91. The molecule has 0 saturated carbocycles. The Morgan fingerprint density at radius 1 is 1.82 bits per heavy atom. The Balaban J connectivity index is 3.90. The van der Waals surface area contributed by atoms with Gasteiger partial charge >= 0.3 is 5.97 Å². The largest absolute Gasteiger partial charge is 0.464 e. The van der Waals surface area contributed by atoms with Gasteiger partial charge in [-0.15, -0.1) is 0 Å². The van der Waals surface area contributed by atoms with Gasteiger partial charge in [0.1, 0.15) is 0 Å². The second-order valence-corrected chi connectivity index (χ2v) is 1.91. The van der Waals surface area contributed by atoms with Crippen LogP contribution in [0.3, 0.4) is 0 Å². The summed E-state index contributed by atoms with van der Waals surface area (Å²) in [6.07, 6.45) is 0.154. The summed E-state index contributed by atoms with van der Waals surface area (Å²) < 4.78 is 4.53. The maximum absolute atomic E-state index is 10.8. The number of hydrogen-bond donors (Lipinski definition) is 1. The molecule has 1 atom stereocenters. The number of carbonyl (C=O) groups excluding carboxylic acids is 2. The van der Waals surface area contributed by atoms with Gasteiger partial charge in [-0.05, 0) is 13.8 Å². The van der Waals surface area contributed by atoms with Crippen molar-refractivity contribution in [2.45, 2.75) is 19.9 Å². The Morgan fingerprint density at radius 2 is 2.36 bits per heavy atom. The van der Waals surface area contributed by atoms with Crippen LogP contribution in [0.1, 0.15) is 13.8 Å². The molecule has 0 rings (SSSR count). The number of rotatable bonds is 4. The Morgan fingerprint density at radius 3 is 2.73 bits per heavy atom. The summed E-state index contributed by atoms with van der Waals surface area (Å²) >= 11 is 0. The zero-order chi connectivity index (χ0) is 8.85. The Bertz CT molecular complexity index is 148. The number of nitrogens with zero attached hydrogens (tertiary/aromatic N) is 1. The zero-order valence-corrected chi connectivity index (χ0v) is 6.48. The zero-order valence-electron chi connectivity index (χ0n) is 6.48. The molecule has 11 heavy (non-hydrogen) atoms. The van der Waals surface area contributed by atoms with Crippen LogP contribution < -0.4 is 0 Å². The molecule has 1 N–H and O–H groups in total. The van der Waals surface area contributed by atoms with Crippen LogP contribution in [0.25, 0.3) is 0 Å². The van der Waals surface area contributed by atoms with Crippen molar-refractivity contribution >= 4 is 12.4 Å². The molecule has 0 aromatic rings. The average Bonchev–Trinajstić information content (AvgIpc) is 2.02. The fourth-order valence-electron chi connectivity index (χ4n) is 0.462. The molecule has 0 heterocycles. The molecule has 1 amide bonds. The predicted octanol–water partition coefficient (Wildman–Crippen LogP) is -0.214. The third-order valence-corrected chi connectivity index (χ3v) is 1.13. The second kappa shape index (κ2) is 4.68. The van der Waals surface area contributed by atoms with Crippen molar-refractivity contribution in [3.05, 3.63) is 0 Å². The Labute approximate surface area is 64.5 Å². The summed E-state index contributed by atoms with van der Waals surface area (Å²) in [5, 5.41) is 8.95. The van der Waals surface area contributed by atoms with Crippen molar-refractivity contribution in [2.75, 3.05) is 6.61 Å². The number of carbonyl (C=O) groups is 2. The highest BCUT2D eigenvalue weighted by molar-refractivity contribution is 5.77. The van der Waals surface area contributed by atoms with Crippen LogP contribution in [0.4, 0.5) is 0 Å². The van der Waals surface area contributed by atoms with Gasteiger partial charge in [0.2, 0.25) is 6.41 Å². The molecule has 5 nitrogen and oxygen atoms in total. The first-order valence-corrected chi connectivity index (χ1v) is 3.22. The van der Waals surface area contributed by atoms with Crippen molar-refractivity contribution < 1.29 is 19.5 Å². The van der Waals surface area contributed by atoms with Gasteiger partial charge in [-0.1, -0.05) is 0 Å². The van der Waals surface area contributed by atoms with E-state index in [9.17, 15) is 9.59 Å². The van der Waals surface area contributed by atoms with Gasteiger partial charge in [0.25, 0.3) is 0 Å². The fourth-order valence-corrected chi connectivity index (χ4v) is 0.462. The molecule has 0 aromatic carbocycles. The van der Waals surface area contributed by atoms with E-state index in [1.54, 1.807) is 6.92 Å². The minimum absolute atomic E-state index is 0.154. The Hall–Kier alpha value is -1.10. The lowest BCUT2D eigenvalue weighted by Gasteiger charge is -2.15. The van der Waals surface area contributed by atoms with E-state index in [1.807, 2.05) is 0 Å². The van der Waals surface area contributed by atoms with E-state index in [4.69, 9.17) is 5.21 Å². The first-order chi connectivity index (χ1) is 5.13. The fraction of sp³-hybridized carbons (Fsp3) is 0.667. The SMILES string of the molecule is CCOC(=O)C(C)N(O)C=O. The van der Waals surface area contributed by atoms with Crippen molar-refractivity contribution in [1.82, 2.24) is 5.06 Å². The summed E-state index contributed by atoms with van der Waals surface area (Å²) in [7, 11) is 0. The van der Waals surface area contributed by atoms with Gasteiger partial charge in [0, 0.05) is 0 Å². The van der Waals surface area contributed by atoms with Gasteiger partial charge < -0.3 is 4.74 Å². The molecule has 0 aromatic heterocycles. The van der Waals surface area contributed by atoms with Gasteiger partial charge in [-0.3, -0.25) is 10.0 Å². The first kappa shape index (κ1) is 9.90. The molecule has 0 saturated heterocycles. The summed E-state index contributed by atoms with van der Waals surface area (Å²) in [5.74, 6) is -0.623. The van der Waals surface area contributed by atoms with Crippen molar-refractivity contribution in [2.24, 2.45) is 0 Å². The molecule has 1 unspecified atom stereocenters. The van der Waals surface area contributed by atoms with E-state index < -0.39 is 12.0 Å². The standard InChI is InChI=1S/C6H11NO4/c1-3-11-6(9)5(2)7(10)4-8/h4-5,10H,3H2,1-2H3. The maximum atomic E-state index is 10.8. The normalized spacial score (nSPS) is 11.9. The highest BCUT2D eigenvalue weighted by Crippen LogP contribution is 1.94. The summed E-state index contributed by atoms with van der Waals surface area (Å²) in [6.45, 7) is 3.25. The van der Waals surface area contributed by atoms with Crippen LogP contribution in [-0.4, -0.2) is 35.3 Å². The molecular formula is C6H11NO4. The van der Waals surface area contributed by atoms with Gasteiger partial charge in [0.15, 0.2) is 6.04 Å². The highest BCUT2D eigenvalue weighted by Gasteiger charge is 2.19. The lowest BCUT2D eigenvalue weighted by atomic mass is 10.3. The summed E-state index contributed by atoms with van der Waals surface area (Å²) in [4.78, 5) is 20.7. The number of ether oxygens (including phenoxy) is 1. The molecule has 0 fully saturated rings. The van der Waals surface area contributed by atoms with Crippen LogP contribution in [0.5, 0.6) is 0 Å². The van der Waals surface area contributed by atoms with Gasteiger partial charge in [-0.25, -0.2) is 9.86 Å². The number of hydrogen-bond acceptors (Lipinski definition) is 4. The molecule has 0 radical (unpaired) electrons. The van der Waals surface area contributed by atoms with Gasteiger partial charge in [-0.2, -0.15) is 0 Å². The molecule has 0 spiro atoms. The maximum Gasteiger partial charge on any atom is 0.331 e. The van der Waals surface area contributed by atoms with E-state index in [0.29, 0.717) is 0 Å². The topological polar surface area (TPSA) is 66.8 Å². The van der Waals surface area contributed by atoms with E-state index in [1.165, 1.54) is 6.92 Å². The lowest BCUT2D eigenvalue weighted by molar-refractivity contribution is -0.176. The van der Waals surface area contributed by atoms with Crippen LogP contribution in [0, 0.1) is 0 Å².